The molecule has 3 aromatic rings. The van der Waals surface area contributed by atoms with Crippen molar-refractivity contribution in [1.82, 2.24) is 14.8 Å². The first-order valence-electron chi connectivity index (χ1n) is 8.84. The minimum Gasteiger partial charge on any atom is -0.469 e. The van der Waals surface area contributed by atoms with Gasteiger partial charge in [0.2, 0.25) is 0 Å². The summed E-state index contributed by atoms with van der Waals surface area (Å²) >= 11 is 4.00. The number of rotatable bonds is 3. The summed E-state index contributed by atoms with van der Waals surface area (Å²) in [5.41, 5.74) is 4.18. The monoisotopic (exact) mass is 506 g/mol. The number of carbonyl (C=O) groups is 1. The van der Waals surface area contributed by atoms with Gasteiger partial charge in [-0.3, -0.25) is 14.4 Å². The molecule has 8 heteroatoms. The summed E-state index contributed by atoms with van der Waals surface area (Å²) < 4.78 is 8.11. The van der Waals surface area contributed by atoms with Crippen molar-refractivity contribution in [3.63, 3.8) is 0 Å². The van der Waals surface area contributed by atoms with Gasteiger partial charge in [0.1, 0.15) is 16.9 Å². The van der Waals surface area contributed by atoms with Crippen molar-refractivity contribution in [2.24, 2.45) is 4.99 Å². The molecule has 0 radical (unpaired) electrons. The number of carbonyl (C=O) groups excluding carboxylic acids is 1. The Bertz CT molecular complexity index is 1100. The fourth-order valence-electron chi connectivity index (χ4n) is 3.37. The van der Waals surface area contributed by atoms with Gasteiger partial charge in [0.15, 0.2) is 5.82 Å². The van der Waals surface area contributed by atoms with Crippen LogP contribution in [-0.4, -0.2) is 33.6 Å². The molecule has 0 N–H and O–H groups in total. The average Bonchev–Trinajstić information content (AvgIpc) is 3.15. The number of benzene rings is 1. The smallest absolute Gasteiger partial charge is 0.308 e. The zero-order valence-electron chi connectivity index (χ0n) is 16.0. The lowest BCUT2D eigenvalue weighted by molar-refractivity contribution is -0.141. The molecule has 144 valence electrons. The highest BCUT2D eigenvalue weighted by Crippen LogP contribution is 2.39. The first-order chi connectivity index (χ1) is 13.4. The molecule has 0 saturated heterocycles. The lowest BCUT2D eigenvalue weighted by Crippen LogP contribution is -2.12. The second-order valence-corrected chi connectivity index (χ2v) is 9.13. The highest BCUT2D eigenvalue weighted by atomic mass is 127. The first kappa shape index (κ1) is 19.3. The molecular formula is C20H19IN4O2S. The van der Waals surface area contributed by atoms with Gasteiger partial charge in [-0.25, -0.2) is 0 Å². The Hall–Kier alpha value is -2.07. The van der Waals surface area contributed by atoms with E-state index < -0.39 is 6.04 Å². The maximum Gasteiger partial charge on any atom is 0.308 e. The quantitative estimate of drug-likeness (QED) is 0.392. The Kier molecular flexibility index (Phi) is 5.09. The Morgan fingerprint density at radius 2 is 1.93 bits per heavy atom. The van der Waals surface area contributed by atoms with Gasteiger partial charge in [-0.15, -0.1) is 21.5 Å². The predicted octanol–water partition coefficient (Wildman–Crippen LogP) is 4.31. The van der Waals surface area contributed by atoms with Crippen LogP contribution in [0.15, 0.2) is 29.3 Å². The molecule has 0 unspecified atom stereocenters. The van der Waals surface area contributed by atoms with Gasteiger partial charge >= 0.3 is 5.97 Å². The van der Waals surface area contributed by atoms with Crippen molar-refractivity contribution in [3.8, 4) is 5.00 Å². The molecule has 2 aromatic heterocycles. The van der Waals surface area contributed by atoms with Crippen LogP contribution < -0.4 is 0 Å². The van der Waals surface area contributed by atoms with E-state index in [9.17, 15) is 4.79 Å². The van der Waals surface area contributed by atoms with Gasteiger partial charge in [0.25, 0.3) is 0 Å². The Morgan fingerprint density at radius 1 is 1.21 bits per heavy atom. The SMILES string of the molecule is COC(=O)C[C@@H]1N=C(c2ccc(I)cc2)c2c(sc(C)c2C)-n2c(C)nnc21. The zero-order valence-corrected chi connectivity index (χ0v) is 19.0. The molecular weight excluding hydrogens is 487 g/mol. The van der Waals surface area contributed by atoms with Crippen LogP contribution in [0.3, 0.4) is 0 Å². The molecule has 3 heterocycles. The van der Waals surface area contributed by atoms with Crippen molar-refractivity contribution in [2.75, 3.05) is 7.11 Å². The molecule has 0 fully saturated rings. The van der Waals surface area contributed by atoms with Gasteiger partial charge in [0, 0.05) is 19.6 Å². The van der Waals surface area contributed by atoms with Gasteiger partial charge in [-0.2, -0.15) is 0 Å². The number of aryl methyl sites for hydroxylation is 2. The van der Waals surface area contributed by atoms with Crippen LogP contribution in [0, 0.1) is 24.3 Å². The van der Waals surface area contributed by atoms with Crippen molar-refractivity contribution >= 4 is 45.6 Å². The third-order valence-corrected chi connectivity index (χ3v) is 6.86. The van der Waals surface area contributed by atoms with Gasteiger partial charge in [-0.05, 0) is 61.1 Å². The van der Waals surface area contributed by atoms with E-state index in [-0.39, 0.29) is 12.4 Å². The van der Waals surface area contributed by atoms with E-state index in [1.54, 1.807) is 11.3 Å². The molecule has 0 saturated carbocycles. The number of fused-ring (bicyclic) bond motifs is 3. The van der Waals surface area contributed by atoms with Gasteiger partial charge < -0.3 is 4.74 Å². The molecule has 28 heavy (non-hydrogen) atoms. The van der Waals surface area contributed by atoms with Gasteiger partial charge in [0.05, 0.1) is 19.2 Å². The van der Waals surface area contributed by atoms with Crippen molar-refractivity contribution in [3.05, 3.63) is 61.1 Å². The normalized spacial score (nSPS) is 15.5. The summed E-state index contributed by atoms with van der Waals surface area (Å²) in [4.78, 5) is 18.3. The predicted molar refractivity (Wildman–Crippen MR) is 118 cm³/mol. The average molecular weight is 506 g/mol. The third-order valence-electron chi connectivity index (χ3n) is 4.94. The van der Waals surface area contributed by atoms with Crippen LogP contribution in [0.25, 0.3) is 5.00 Å². The zero-order chi connectivity index (χ0) is 20.0. The fourth-order valence-corrected chi connectivity index (χ4v) is 4.95. The van der Waals surface area contributed by atoms with Crippen LogP contribution in [0.1, 0.15) is 45.7 Å². The summed E-state index contributed by atoms with van der Waals surface area (Å²) in [5, 5.41) is 9.69. The Balaban J connectivity index is 2.01. The van der Waals surface area contributed by atoms with Crippen molar-refractivity contribution < 1.29 is 9.53 Å². The maximum atomic E-state index is 12.1. The number of thiophene rings is 1. The molecule has 1 atom stereocenters. The molecule has 0 aliphatic carbocycles. The summed E-state index contributed by atoms with van der Waals surface area (Å²) in [6.07, 6.45) is 0.121. The number of hydrogen-bond acceptors (Lipinski definition) is 6. The summed E-state index contributed by atoms with van der Waals surface area (Å²) in [6.45, 7) is 6.16. The first-order valence-corrected chi connectivity index (χ1v) is 10.7. The Labute approximate surface area is 180 Å². The maximum absolute atomic E-state index is 12.1. The van der Waals surface area contributed by atoms with Gasteiger partial charge in [-0.1, -0.05) is 12.1 Å². The number of hydrogen-bond donors (Lipinski definition) is 0. The summed E-state index contributed by atoms with van der Waals surface area (Å²) in [6, 6.07) is 7.83. The van der Waals surface area contributed by atoms with E-state index in [0.29, 0.717) is 5.82 Å². The van der Waals surface area contributed by atoms with Crippen molar-refractivity contribution in [2.45, 2.75) is 33.2 Å². The standard InChI is InChI=1S/C20H19IN4O2S/c1-10-11(2)28-20-17(10)18(13-5-7-14(21)8-6-13)22-15(9-16(26)27-4)19-24-23-12(3)25(19)20/h5-8,15H,9H2,1-4H3/t15-/m0/s1. The van der Waals surface area contributed by atoms with E-state index in [4.69, 9.17) is 9.73 Å². The molecule has 0 bridgehead atoms. The third kappa shape index (κ3) is 3.18. The molecule has 4 rings (SSSR count). The van der Waals surface area contributed by atoms with Crippen LogP contribution >= 0.6 is 33.9 Å². The largest absolute Gasteiger partial charge is 0.469 e. The second-order valence-electron chi connectivity index (χ2n) is 6.68. The molecule has 1 aliphatic heterocycles. The van der Waals surface area contributed by atoms with E-state index in [1.165, 1.54) is 17.6 Å². The molecule has 0 spiro atoms. The highest BCUT2D eigenvalue weighted by molar-refractivity contribution is 14.1. The number of aliphatic imine (C=N–C) groups is 1. The number of methoxy groups -OCH3 is 1. The van der Waals surface area contributed by atoms with Crippen LogP contribution in [0.5, 0.6) is 0 Å². The molecule has 6 nitrogen and oxygen atoms in total. The van der Waals surface area contributed by atoms with Crippen molar-refractivity contribution in [1.29, 1.82) is 0 Å². The fraction of sp³-hybridized carbons (Fsp3) is 0.300. The van der Waals surface area contributed by atoms with E-state index in [0.717, 1.165) is 31.2 Å². The Morgan fingerprint density at radius 3 is 2.61 bits per heavy atom. The number of halogens is 1. The number of aromatic nitrogens is 3. The highest BCUT2D eigenvalue weighted by Gasteiger charge is 2.32. The lowest BCUT2D eigenvalue weighted by Gasteiger charge is -2.11. The number of esters is 1. The summed E-state index contributed by atoms with van der Waals surface area (Å²) in [5.74, 6) is 1.14. The summed E-state index contributed by atoms with van der Waals surface area (Å²) in [7, 11) is 1.39. The molecule has 1 aliphatic rings. The van der Waals surface area contributed by atoms with E-state index in [1.807, 2.05) is 11.5 Å². The lowest BCUT2D eigenvalue weighted by atomic mass is 10.00. The number of nitrogens with zero attached hydrogens (tertiary/aromatic N) is 4. The van der Waals surface area contributed by atoms with Crippen LogP contribution in [0.2, 0.25) is 0 Å². The van der Waals surface area contributed by atoms with Crippen LogP contribution in [-0.2, 0) is 9.53 Å². The number of ether oxygens (including phenoxy) is 1. The molecule has 1 aromatic carbocycles. The molecule has 0 amide bonds. The van der Waals surface area contributed by atoms with E-state index >= 15 is 0 Å². The van der Waals surface area contributed by atoms with E-state index in [2.05, 4.69) is 70.9 Å². The minimum absolute atomic E-state index is 0.121. The minimum atomic E-state index is -0.456. The topological polar surface area (TPSA) is 69.4 Å². The second kappa shape index (κ2) is 7.40. The van der Waals surface area contributed by atoms with Crippen LogP contribution in [0.4, 0.5) is 0 Å².